The van der Waals surface area contributed by atoms with Crippen molar-refractivity contribution in [3.63, 3.8) is 0 Å². The third kappa shape index (κ3) is 6.49. The van der Waals surface area contributed by atoms with Crippen LogP contribution in [0.4, 0.5) is 0 Å². The number of rotatable bonds is 8. The Kier molecular flexibility index (Phi) is 7.82. The van der Waals surface area contributed by atoms with Crippen molar-refractivity contribution in [1.29, 1.82) is 10.5 Å². The summed E-state index contributed by atoms with van der Waals surface area (Å²) in [6.45, 7) is 6.39. The van der Waals surface area contributed by atoms with Crippen LogP contribution >= 0.6 is 0 Å². The summed E-state index contributed by atoms with van der Waals surface area (Å²) in [5.41, 5.74) is 2.05. The lowest BCUT2D eigenvalue weighted by molar-refractivity contribution is 0.220. The molecular weight excluding hydrogens is 312 g/mol. The molecule has 1 aromatic rings. The van der Waals surface area contributed by atoms with E-state index in [1.807, 2.05) is 24.3 Å². The van der Waals surface area contributed by atoms with E-state index in [0.29, 0.717) is 18.8 Å². The minimum atomic E-state index is 0.131. The van der Waals surface area contributed by atoms with Crippen molar-refractivity contribution in [2.45, 2.75) is 39.2 Å². The Morgan fingerprint density at radius 2 is 1.96 bits per heavy atom. The number of hydrogen-bond donors (Lipinski definition) is 1. The van der Waals surface area contributed by atoms with Crippen molar-refractivity contribution in [3.05, 3.63) is 41.1 Å². The number of nitrogens with one attached hydrogen (secondary N) is 1. The lowest BCUT2D eigenvalue weighted by Crippen LogP contribution is -2.29. The summed E-state index contributed by atoms with van der Waals surface area (Å²) in [5, 5.41) is 20.7. The quantitative estimate of drug-likeness (QED) is 0.581. The van der Waals surface area contributed by atoms with Gasteiger partial charge in [0, 0.05) is 18.8 Å². The second-order valence-electron chi connectivity index (χ2n) is 6.34. The maximum atomic E-state index is 8.79. The van der Waals surface area contributed by atoms with Gasteiger partial charge in [-0.05, 0) is 57.0 Å². The lowest BCUT2D eigenvalue weighted by atomic mass is 10.1. The molecule has 1 aliphatic rings. The molecule has 0 bridgehead atoms. The summed E-state index contributed by atoms with van der Waals surface area (Å²) in [7, 11) is 0. The molecule has 0 saturated carbocycles. The van der Waals surface area contributed by atoms with Gasteiger partial charge in [-0.25, -0.2) is 0 Å². The van der Waals surface area contributed by atoms with Gasteiger partial charge in [0.1, 0.15) is 23.5 Å². The fourth-order valence-corrected chi connectivity index (χ4v) is 2.93. The van der Waals surface area contributed by atoms with Gasteiger partial charge in [-0.15, -0.1) is 0 Å². The predicted octanol–water partition coefficient (Wildman–Crippen LogP) is 3.35. The number of benzene rings is 1. The second kappa shape index (κ2) is 10.4. The first-order chi connectivity index (χ1) is 12.2. The molecule has 2 rings (SSSR count). The van der Waals surface area contributed by atoms with E-state index in [1.165, 1.54) is 37.9 Å². The molecule has 0 amide bonds. The first kappa shape index (κ1) is 18.8. The van der Waals surface area contributed by atoms with Crippen molar-refractivity contribution < 1.29 is 4.74 Å². The average Bonchev–Trinajstić information content (AvgIpc) is 2.63. The van der Waals surface area contributed by atoms with Gasteiger partial charge in [-0.3, -0.25) is 4.90 Å². The van der Waals surface area contributed by atoms with E-state index < -0.39 is 0 Å². The topological polar surface area (TPSA) is 72.1 Å². The number of likely N-dealkylation sites (tertiary alicyclic amines) is 1. The van der Waals surface area contributed by atoms with Crippen molar-refractivity contribution in [3.8, 4) is 17.9 Å². The third-order valence-corrected chi connectivity index (χ3v) is 4.33. The van der Waals surface area contributed by atoms with E-state index in [9.17, 15) is 0 Å². The van der Waals surface area contributed by atoms with Crippen LogP contribution in [-0.4, -0.2) is 31.1 Å². The van der Waals surface area contributed by atoms with E-state index in [-0.39, 0.29) is 5.57 Å². The van der Waals surface area contributed by atoms with Gasteiger partial charge < -0.3 is 10.1 Å². The van der Waals surface area contributed by atoms with E-state index >= 15 is 0 Å². The van der Waals surface area contributed by atoms with Gasteiger partial charge in [0.15, 0.2) is 0 Å². The standard InChI is InChI=1S/C20H26N4O/c1-17(19(14-21)15-22)23-9-6-12-25-20-8-5-7-18(13-20)16-24-10-3-2-4-11-24/h5,7-8,13,23H,2-4,6,9-12,16H2,1H3. The van der Waals surface area contributed by atoms with Crippen molar-refractivity contribution >= 4 is 0 Å². The molecule has 1 heterocycles. The van der Waals surface area contributed by atoms with Gasteiger partial charge in [0.2, 0.25) is 0 Å². The number of nitrogens with zero attached hydrogens (tertiary/aromatic N) is 3. The summed E-state index contributed by atoms with van der Waals surface area (Å²) in [5.74, 6) is 0.900. The Labute approximate surface area is 150 Å². The second-order valence-corrected chi connectivity index (χ2v) is 6.34. The largest absolute Gasteiger partial charge is 0.494 e. The fourth-order valence-electron chi connectivity index (χ4n) is 2.93. The van der Waals surface area contributed by atoms with Gasteiger partial charge in [0.05, 0.1) is 6.61 Å². The molecule has 0 unspecified atom stereocenters. The van der Waals surface area contributed by atoms with Gasteiger partial charge in [-0.2, -0.15) is 10.5 Å². The molecular formula is C20H26N4O. The van der Waals surface area contributed by atoms with Crippen molar-refractivity contribution in [2.24, 2.45) is 0 Å². The van der Waals surface area contributed by atoms with Crippen LogP contribution in [0.25, 0.3) is 0 Å². The first-order valence-electron chi connectivity index (χ1n) is 8.92. The maximum Gasteiger partial charge on any atom is 0.148 e. The van der Waals surface area contributed by atoms with Crippen molar-refractivity contribution in [1.82, 2.24) is 10.2 Å². The molecule has 1 saturated heterocycles. The maximum absolute atomic E-state index is 8.79. The van der Waals surface area contributed by atoms with Crippen LogP contribution in [0.3, 0.4) is 0 Å². The van der Waals surface area contributed by atoms with Crippen LogP contribution < -0.4 is 10.1 Å². The number of nitriles is 2. The summed E-state index contributed by atoms with van der Waals surface area (Å²) < 4.78 is 5.83. The zero-order valence-electron chi connectivity index (χ0n) is 14.9. The molecule has 1 aromatic carbocycles. The first-order valence-corrected chi connectivity index (χ1v) is 8.92. The minimum absolute atomic E-state index is 0.131. The molecule has 0 radical (unpaired) electrons. The van der Waals surface area contributed by atoms with Crippen LogP contribution in [0, 0.1) is 22.7 Å². The van der Waals surface area contributed by atoms with E-state index in [1.54, 1.807) is 6.92 Å². The number of allylic oxidation sites excluding steroid dienone is 2. The van der Waals surface area contributed by atoms with Gasteiger partial charge in [-0.1, -0.05) is 18.6 Å². The summed E-state index contributed by atoms with van der Waals surface area (Å²) in [6.07, 6.45) is 4.76. The highest BCUT2D eigenvalue weighted by atomic mass is 16.5. The molecule has 5 nitrogen and oxygen atoms in total. The van der Waals surface area contributed by atoms with E-state index in [2.05, 4.69) is 22.3 Å². The lowest BCUT2D eigenvalue weighted by Gasteiger charge is -2.26. The molecule has 5 heteroatoms. The van der Waals surface area contributed by atoms with E-state index in [4.69, 9.17) is 15.3 Å². The Morgan fingerprint density at radius 1 is 1.20 bits per heavy atom. The van der Waals surface area contributed by atoms with Gasteiger partial charge in [0.25, 0.3) is 0 Å². The van der Waals surface area contributed by atoms with Crippen LogP contribution in [-0.2, 0) is 6.54 Å². The minimum Gasteiger partial charge on any atom is -0.494 e. The Balaban J connectivity index is 1.72. The summed E-state index contributed by atoms with van der Waals surface area (Å²) in [4.78, 5) is 2.50. The molecule has 25 heavy (non-hydrogen) atoms. The monoisotopic (exact) mass is 338 g/mol. The number of hydrogen-bond acceptors (Lipinski definition) is 5. The average molecular weight is 338 g/mol. The number of piperidine rings is 1. The summed E-state index contributed by atoms with van der Waals surface area (Å²) >= 11 is 0. The normalized spacial score (nSPS) is 14.2. The molecule has 1 N–H and O–H groups in total. The fraction of sp³-hybridized carbons (Fsp3) is 0.500. The summed E-state index contributed by atoms with van der Waals surface area (Å²) in [6, 6.07) is 12.1. The van der Waals surface area contributed by atoms with Crippen molar-refractivity contribution in [2.75, 3.05) is 26.2 Å². The molecule has 1 aliphatic heterocycles. The Hall–Kier alpha value is -2.50. The number of ether oxygens (including phenoxy) is 1. The predicted molar refractivity (Wildman–Crippen MR) is 97.6 cm³/mol. The van der Waals surface area contributed by atoms with Crippen LogP contribution in [0.2, 0.25) is 0 Å². The molecule has 1 fully saturated rings. The zero-order chi connectivity index (χ0) is 17.9. The third-order valence-electron chi connectivity index (χ3n) is 4.33. The molecule has 0 atom stereocenters. The molecule has 0 aliphatic carbocycles. The zero-order valence-corrected chi connectivity index (χ0v) is 14.9. The Morgan fingerprint density at radius 3 is 2.68 bits per heavy atom. The smallest absolute Gasteiger partial charge is 0.148 e. The van der Waals surface area contributed by atoms with Crippen LogP contribution in [0.1, 0.15) is 38.2 Å². The van der Waals surface area contributed by atoms with Crippen LogP contribution in [0.15, 0.2) is 35.5 Å². The molecule has 132 valence electrons. The molecule has 0 spiro atoms. The highest BCUT2D eigenvalue weighted by Gasteiger charge is 2.10. The van der Waals surface area contributed by atoms with E-state index in [0.717, 1.165) is 18.7 Å². The highest BCUT2D eigenvalue weighted by Crippen LogP contribution is 2.17. The highest BCUT2D eigenvalue weighted by molar-refractivity contribution is 5.38. The molecule has 0 aromatic heterocycles. The van der Waals surface area contributed by atoms with Gasteiger partial charge >= 0.3 is 0 Å². The SMILES string of the molecule is CC(NCCCOc1cccc(CN2CCCCC2)c1)=C(C#N)C#N. The van der Waals surface area contributed by atoms with Crippen LogP contribution in [0.5, 0.6) is 5.75 Å². The Bertz CT molecular complexity index is 647.